The van der Waals surface area contributed by atoms with Crippen LogP contribution in [0.25, 0.3) is 0 Å². The molecular weight excluding hydrogens is 287 g/mol. The van der Waals surface area contributed by atoms with Crippen molar-refractivity contribution in [1.82, 2.24) is 4.98 Å². The van der Waals surface area contributed by atoms with Gasteiger partial charge in [0, 0.05) is 19.2 Å². The number of nitrogens with one attached hydrogen (secondary N) is 1. The molecule has 1 fully saturated rings. The summed E-state index contributed by atoms with van der Waals surface area (Å²) in [6.07, 6.45) is 3.91. The number of hydrogen-bond acceptors (Lipinski definition) is 5. The van der Waals surface area contributed by atoms with E-state index in [2.05, 4.69) is 15.3 Å². The lowest BCUT2D eigenvalue weighted by Gasteiger charge is -2.27. The van der Waals surface area contributed by atoms with Crippen LogP contribution in [0.1, 0.15) is 25.7 Å². The average Bonchev–Trinajstić information content (AvgIpc) is 2.84. The molecule has 1 aliphatic rings. The minimum absolute atomic E-state index is 0.210. The van der Waals surface area contributed by atoms with E-state index in [0.717, 1.165) is 32.2 Å². The molecule has 19 heavy (non-hydrogen) atoms. The van der Waals surface area contributed by atoms with E-state index in [1.807, 2.05) is 0 Å². The van der Waals surface area contributed by atoms with Gasteiger partial charge in [0.25, 0.3) is 0 Å². The Balaban J connectivity index is 2.24. The Morgan fingerprint density at radius 3 is 2.95 bits per heavy atom. The average molecular weight is 305 g/mol. The zero-order chi connectivity index (χ0) is 13.8. The van der Waals surface area contributed by atoms with Gasteiger partial charge in [-0.2, -0.15) is 0 Å². The number of hydrogen-bond donors (Lipinski definition) is 3. The molecule has 106 valence electrons. The predicted molar refractivity (Wildman–Crippen MR) is 78.8 cm³/mol. The van der Waals surface area contributed by atoms with Gasteiger partial charge >= 0.3 is 0 Å². The van der Waals surface area contributed by atoms with E-state index in [1.54, 1.807) is 6.07 Å². The number of aliphatic hydroxyl groups is 1. The number of rotatable bonds is 5. The second kappa shape index (κ2) is 6.61. The van der Waals surface area contributed by atoms with Gasteiger partial charge in [-0.1, -0.05) is 23.2 Å². The van der Waals surface area contributed by atoms with E-state index >= 15 is 0 Å². The number of aliphatic hydroxyl groups excluding tert-OH is 1. The van der Waals surface area contributed by atoms with Crippen molar-refractivity contribution in [3.63, 3.8) is 0 Å². The Morgan fingerprint density at radius 1 is 1.47 bits per heavy atom. The topological polar surface area (TPSA) is 74.4 Å². The number of halogens is 2. The maximum atomic E-state index is 8.95. The summed E-state index contributed by atoms with van der Waals surface area (Å²) in [5, 5.41) is 9.89. The molecular formula is C12H18Cl2N4O. The van der Waals surface area contributed by atoms with Crippen LogP contribution >= 0.6 is 23.2 Å². The smallest absolute Gasteiger partial charge is 0.161 e. The van der Waals surface area contributed by atoms with Crippen molar-refractivity contribution in [3.05, 3.63) is 16.1 Å². The molecule has 2 heterocycles. The number of pyridine rings is 1. The van der Waals surface area contributed by atoms with Crippen LogP contribution in [-0.4, -0.2) is 29.3 Å². The molecule has 0 bridgehead atoms. The SMILES string of the molecule is NNc1nc(N2CCCC2CCCO)c(Cl)cc1Cl. The zero-order valence-electron chi connectivity index (χ0n) is 10.6. The quantitative estimate of drug-likeness (QED) is 0.575. The van der Waals surface area contributed by atoms with Crippen LogP contribution in [0.5, 0.6) is 0 Å². The molecule has 0 saturated carbocycles. The van der Waals surface area contributed by atoms with Crippen molar-refractivity contribution in [3.8, 4) is 0 Å². The van der Waals surface area contributed by atoms with Gasteiger partial charge in [-0.05, 0) is 31.7 Å². The fourth-order valence-electron chi connectivity index (χ4n) is 2.50. The largest absolute Gasteiger partial charge is 0.396 e. The molecule has 0 amide bonds. The van der Waals surface area contributed by atoms with Crippen LogP contribution in [0.15, 0.2) is 6.07 Å². The third-order valence-corrected chi connectivity index (χ3v) is 3.96. The van der Waals surface area contributed by atoms with E-state index < -0.39 is 0 Å². The first-order valence-corrected chi connectivity index (χ1v) is 7.13. The van der Waals surface area contributed by atoms with E-state index in [0.29, 0.717) is 27.7 Å². The van der Waals surface area contributed by atoms with Crippen molar-refractivity contribution in [1.29, 1.82) is 0 Å². The molecule has 1 aliphatic heterocycles. The Hall–Kier alpha value is -0.750. The third kappa shape index (κ3) is 3.23. The Morgan fingerprint density at radius 2 is 2.26 bits per heavy atom. The van der Waals surface area contributed by atoms with Crippen molar-refractivity contribution < 1.29 is 5.11 Å². The minimum Gasteiger partial charge on any atom is -0.396 e. The summed E-state index contributed by atoms with van der Waals surface area (Å²) in [6.45, 7) is 1.12. The molecule has 4 N–H and O–H groups in total. The van der Waals surface area contributed by atoms with Crippen LogP contribution in [0.3, 0.4) is 0 Å². The summed E-state index contributed by atoms with van der Waals surface area (Å²) < 4.78 is 0. The van der Waals surface area contributed by atoms with Crippen LogP contribution in [-0.2, 0) is 0 Å². The van der Waals surface area contributed by atoms with E-state index in [9.17, 15) is 0 Å². The molecule has 1 unspecified atom stereocenters. The van der Waals surface area contributed by atoms with Gasteiger partial charge in [0.05, 0.1) is 10.0 Å². The van der Waals surface area contributed by atoms with Gasteiger partial charge in [0.2, 0.25) is 0 Å². The van der Waals surface area contributed by atoms with Crippen molar-refractivity contribution in [2.24, 2.45) is 5.84 Å². The zero-order valence-corrected chi connectivity index (χ0v) is 12.1. The second-order valence-electron chi connectivity index (χ2n) is 4.62. The number of aromatic nitrogens is 1. The number of nitrogens with two attached hydrogens (primary N) is 1. The van der Waals surface area contributed by atoms with Gasteiger partial charge in [-0.15, -0.1) is 0 Å². The first-order valence-electron chi connectivity index (χ1n) is 6.37. The first-order chi connectivity index (χ1) is 9.17. The van der Waals surface area contributed by atoms with E-state index in [-0.39, 0.29) is 6.61 Å². The monoisotopic (exact) mass is 304 g/mol. The lowest BCUT2D eigenvalue weighted by molar-refractivity contribution is 0.279. The lowest BCUT2D eigenvalue weighted by atomic mass is 10.1. The summed E-state index contributed by atoms with van der Waals surface area (Å²) >= 11 is 12.2. The van der Waals surface area contributed by atoms with Gasteiger partial charge in [-0.3, -0.25) is 0 Å². The molecule has 0 aromatic carbocycles. The molecule has 7 heteroatoms. The molecule has 2 rings (SSSR count). The summed E-state index contributed by atoms with van der Waals surface area (Å²) in [5.41, 5.74) is 2.48. The highest BCUT2D eigenvalue weighted by Gasteiger charge is 2.27. The van der Waals surface area contributed by atoms with Crippen LogP contribution in [0.2, 0.25) is 10.0 Å². The number of anilines is 2. The Labute approximate surface area is 122 Å². The van der Waals surface area contributed by atoms with Crippen LogP contribution < -0.4 is 16.2 Å². The lowest BCUT2D eigenvalue weighted by Crippen LogP contribution is -2.30. The van der Waals surface area contributed by atoms with Gasteiger partial charge < -0.3 is 15.4 Å². The third-order valence-electron chi connectivity index (χ3n) is 3.39. The van der Waals surface area contributed by atoms with Crippen LogP contribution in [0, 0.1) is 0 Å². The van der Waals surface area contributed by atoms with Crippen LogP contribution in [0.4, 0.5) is 11.6 Å². The van der Waals surface area contributed by atoms with E-state index in [1.165, 1.54) is 0 Å². The Bertz CT molecular complexity index is 444. The van der Waals surface area contributed by atoms with Gasteiger partial charge in [0.1, 0.15) is 5.82 Å². The molecule has 5 nitrogen and oxygen atoms in total. The number of hydrazine groups is 1. The molecule has 1 aromatic heterocycles. The second-order valence-corrected chi connectivity index (χ2v) is 5.44. The molecule has 0 radical (unpaired) electrons. The Kier molecular flexibility index (Phi) is 5.10. The summed E-state index contributed by atoms with van der Waals surface area (Å²) in [6, 6.07) is 2.02. The van der Waals surface area contributed by atoms with Crippen molar-refractivity contribution in [2.45, 2.75) is 31.7 Å². The maximum Gasteiger partial charge on any atom is 0.161 e. The molecule has 1 aromatic rings. The molecule has 0 aliphatic carbocycles. The number of nitrogens with zero attached hydrogens (tertiary/aromatic N) is 2. The van der Waals surface area contributed by atoms with Gasteiger partial charge in [-0.25, -0.2) is 10.8 Å². The van der Waals surface area contributed by atoms with Crippen molar-refractivity contribution >= 4 is 34.8 Å². The van der Waals surface area contributed by atoms with Crippen molar-refractivity contribution in [2.75, 3.05) is 23.5 Å². The normalized spacial score (nSPS) is 18.9. The highest BCUT2D eigenvalue weighted by atomic mass is 35.5. The minimum atomic E-state index is 0.210. The first kappa shape index (κ1) is 14.7. The van der Waals surface area contributed by atoms with E-state index in [4.69, 9.17) is 34.2 Å². The maximum absolute atomic E-state index is 8.95. The fraction of sp³-hybridized carbons (Fsp3) is 0.583. The summed E-state index contributed by atoms with van der Waals surface area (Å²) in [7, 11) is 0. The highest BCUT2D eigenvalue weighted by Crippen LogP contribution is 2.35. The predicted octanol–water partition coefficient (Wildman–Crippen LogP) is 2.42. The standard InChI is InChI=1S/C12H18Cl2N4O/c13-9-7-10(14)12(16-11(9)17-15)18-5-1-3-8(18)4-2-6-19/h7-8,19H,1-6,15H2,(H,16,17). The van der Waals surface area contributed by atoms with Gasteiger partial charge in [0.15, 0.2) is 5.82 Å². The fourth-order valence-corrected chi connectivity index (χ4v) is 3.02. The highest BCUT2D eigenvalue weighted by molar-refractivity contribution is 6.37. The molecule has 1 saturated heterocycles. The summed E-state index contributed by atoms with van der Waals surface area (Å²) in [5.74, 6) is 6.52. The summed E-state index contributed by atoms with van der Waals surface area (Å²) in [4.78, 5) is 6.57. The molecule has 1 atom stereocenters. The number of nitrogen functional groups attached to an aromatic ring is 1. The molecule has 0 spiro atoms.